The number of nitrogens with one attached hydrogen (secondary N) is 2. The SMILES string of the molecule is O=C(O)CCNC(=O)NCc1cc(Cl)c2c(c1)OCCCO2. The Morgan fingerprint density at radius 3 is 2.77 bits per heavy atom. The number of fused-ring (bicyclic) bond motifs is 1. The molecule has 7 nitrogen and oxygen atoms in total. The molecule has 120 valence electrons. The molecular formula is C14H17ClN2O5. The van der Waals surface area contributed by atoms with Crippen LogP contribution in [0.2, 0.25) is 5.02 Å². The Morgan fingerprint density at radius 1 is 1.23 bits per heavy atom. The molecule has 8 heteroatoms. The molecule has 0 aromatic heterocycles. The number of benzene rings is 1. The second-order valence-corrected chi connectivity index (χ2v) is 5.12. The van der Waals surface area contributed by atoms with Gasteiger partial charge in [-0.25, -0.2) is 4.79 Å². The number of carbonyl (C=O) groups is 2. The van der Waals surface area contributed by atoms with Gasteiger partial charge in [-0.15, -0.1) is 0 Å². The summed E-state index contributed by atoms with van der Waals surface area (Å²) in [5.41, 5.74) is 0.766. The number of rotatable bonds is 5. The minimum atomic E-state index is -0.963. The van der Waals surface area contributed by atoms with E-state index in [-0.39, 0.29) is 19.5 Å². The fraction of sp³-hybridized carbons (Fsp3) is 0.429. The second-order valence-electron chi connectivity index (χ2n) is 4.71. The summed E-state index contributed by atoms with van der Waals surface area (Å²) in [6.45, 7) is 1.42. The van der Waals surface area contributed by atoms with Crippen LogP contribution in [0.25, 0.3) is 0 Å². The lowest BCUT2D eigenvalue weighted by Gasteiger charge is -2.12. The molecule has 1 aliphatic heterocycles. The van der Waals surface area contributed by atoms with Crippen LogP contribution >= 0.6 is 11.6 Å². The standard InChI is InChI=1S/C14H17ClN2O5/c15-10-6-9(7-11-13(10)22-5-1-4-21-11)8-17-14(20)16-3-2-12(18)19/h6-7H,1-5,8H2,(H,18,19)(H2,16,17,20). The minimum Gasteiger partial charge on any atom is -0.489 e. The van der Waals surface area contributed by atoms with Crippen LogP contribution in [0.1, 0.15) is 18.4 Å². The maximum absolute atomic E-state index is 11.5. The van der Waals surface area contributed by atoms with Gasteiger partial charge in [0.05, 0.1) is 24.7 Å². The van der Waals surface area contributed by atoms with E-state index in [4.69, 9.17) is 26.2 Å². The zero-order valence-electron chi connectivity index (χ0n) is 11.9. The number of ether oxygens (including phenoxy) is 2. The first-order valence-corrected chi connectivity index (χ1v) is 7.25. The molecule has 0 fully saturated rings. The first-order chi connectivity index (χ1) is 10.6. The Balaban J connectivity index is 1.90. The summed E-state index contributed by atoms with van der Waals surface area (Å²) in [5, 5.41) is 14.0. The summed E-state index contributed by atoms with van der Waals surface area (Å²) < 4.78 is 11.1. The molecule has 1 aromatic carbocycles. The van der Waals surface area contributed by atoms with E-state index in [2.05, 4.69) is 10.6 Å². The summed E-state index contributed by atoms with van der Waals surface area (Å²) >= 11 is 6.16. The van der Waals surface area contributed by atoms with Gasteiger partial charge in [0.15, 0.2) is 11.5 Å². The van der Waals surface area contributed by atoms with Crippen molar-refractivity contribution in [1.29, 1.82) is 0 Å². The second kappa shape index (κ2) is 7.74. The van der Waals surface area contributed by atoms with Crippen LogP contribution in [0.4, 0.5) is 4.79 Å². The number of aliphatic carboxylic acids is 1. The lowest BCUT2D eigenvalue weighted by atomic mass is 10.2. The largest absolute Gasteiger partial charge is 0.489 e. The van der Waals surface area contributed by atoms with Crippen molar-refractivity contribution < 1.29 is 24.2 Å². The molecular weight excluding hydrogens is 312 g/mol. The van der Waals surface area contributed by atoms with E-state index in [1.165, 1.54) is 0 Å². The first-order valence-electron chi connectivity index (χ1n) is 6.88. The molecule has 0 radical (unpaired) electrons. The highest BCUT2D eigenvalue weighted by atomic mass is 35.5. The van der Waals surface area contributed by atoms with Crippen molar-refractivity contribution >= 4 is 23.6 Å². The summed E-state index contributed by atoms with van der Waals surface area (Å²) in [6.07, 6.45) is 0.661. The van der Waals surface area contributed by atoms with Crippen molar-refractivity contribution in [2.45, 2.75) is 19.4 Å². The average Bonchev–Trinajstić information content (AvgIpc) is 2.70. The van der Waals surface area contributed by atoms with Crippen molar-refractivity contribution in [3.8, 4) is 11.5 Å². The molecule has 1 aromatic rings. The van der Waals surface area contributed by atoms with Gasteiger partial charge in [0, 0.05) is 19.5 Å². The average molecular weight is 329 g/mol. The zero-order chi connectivity index (χ0) is 15.9. The van der Waals surface area contributed by atoms with Crippen molar-refractivity contribution in [2.75, 3.05) is 19.8 Å². The zero-order valence-corrected chi connectivity index (χ0v) is 12.6. The number of halogens is 1. The lowest BCUT2D eigenvalue weighted by Crippen LogP contribution is -2.36. The topological polar surface area (TPSA) is 96.9 Å². The smallest absolute Gasteiger partial charge is 0.315 e. The Kier molecular flexibility index (Phi) is 5.71. The maximum atomic E-state index is 11.5. The van der Waals surface area contributed by atoms with E-state index in [1.807, 2.05) is 0 Å². The van der Waals surface area contributed by atoms with Gasteiger partial charge in [0.25, 0.3) is 0 Å². The van der Waals surface area contributed by atoms with E-state index in [1.54, 1.807) is 12.1 Å². The van der Waals surface area contributed by atoms with Crippen LogP contribution in [0.5, 0.6) is 11.5 Å². The highest BCUT2D eigenvalue weighted by Crippen LogP contribution is 2.37. The van der Waals surface area contributed by atoms with Gasteiger partial charge in [-0.2, -0.15) is 0 Å². The molecule has 0 spiro atoms. The molecule has 3 N–H and O–H groups in total. The highest BCUT2D eigenvalue weighted by Gasteiger charge is 2.15. The van der Waals surface area contributed by atoms with E-state index < -0.39 is 12.0 Å². The molecule has 2 amide bonds. The van der Waals surface area contributed by atoms with Crippen LogP contribution < -0.4 is 20.1 Å². The molecule has 0 bridgehead atoms. The van der Waals surface area contributed by atoms with Gasteiger partial charge in [0.1, 0.15) is 0 Å². The summed E-state index contributed by atoms with van der Waals surface area (Å²) in [7, 11) is 0. The Bertz CT molecular complexity index is 564. The normalized spacial score (nSPS) is 13.1. The van der Waals surface area contributed by atoms with Crippen LogP contribution in [-0.4, -0.2) is 36.9 Å². The summed E-state index contributed by atoms with van der Waals surface area (Å²) in [5.74, 6) is 0.122. The monoisotopic (exact) mass is 328 g/mol. The van der Waals surface area contributed by atoms with E-state index >= 15 is 0 Å². The quantitative estimate of drug-likeness (QED) is 0.765. The number of urea groups is 1. The Hall–Kier alpha value is -2.15. The lowest BCUT2D eigenvalue weighted by molar-refractivity contribution is -0.136. The predicted octanol–water partition coefficient (Wildman–Crippen LogP) is 1.78. The fourth-order valence-corrected chi connectivity index (χ4v) is 2.20. The van der Waals surface area contributed by atoms with Gasteiger partial charge in [-0.05, 0) is 17.7 Å². The van der Waals surface area contributed by atoms with Gasteiger partial charge in [-0.1, -0.05) is 11.6 Å². The molecule has 22 heavy (non-hydrogen) atoms. The van der Waals surface area contributed by atoms with Gasteiger partial charge < -0.3 is 25.2 Å². The van der Waals surface area contributed by atoms with E-state index in [0.717, 1.165) is 12.0 Å². The summed E-state index contributed by atoms with van der Waals surface area (Å²) in [4.78, 5) is 21.9. The third kappa shape index (κ3) is 4.70. The molecule has 0 saturated heterocycles. The van der Waals surface area contributed by atoms with Gasteiger partial charge in [0.2, 0.25) is 0 Å². The molecule has 1 heterocycles. The third-order valence-electron chi connectivity index (χ3n) is 2.94. The van der Waals surface area contributed by atoms with Gasteiger partial charge >= 0.3 is 12.0 Å². The third-order valence-corrected chi connectivity index (χ3v) is 3.22. The molecule has 0 unspecified atom stereocenters. The number of hydrogen-bond acceptors (Lipinski definition) is 4. The van der Waals surface area contributed by atoms with Crippen LogP contribution in [0, 0.1) is 0 Å². The predicted molar refractivity (Wildman–Crippen MR) is 79.6 cm³/mol. The molecule has 0 atom stereocenters. The molecule has 1 aliphatic rings. The maximum Gasteiger partial charge on any atom is 0.315 e. The first kappa shape index (κ1) is 16.2. The fourth-order valence-electron chi connectivity index (χ4n) is 1.91. The van der Waals surface area contributed by atoms with Crippen molar-refractivity contribution in [3.05, 3.63) is 22.7 Å². The number of carboxylic acids is 1. The number of hydrogen-bond donors (Lipinski definition) is 3. The van der Waals surface area contributed by atoms with Gasteiger partial charge in [-0.3, -0.25) is 4.79 Å². The highest BCUT2D eigenvalue weighted by molar-refractivity contribution is 6.32. The Labute approximate surface area is 132 Å². The summed E-state index contributed by atoms with van der Waals surface area (Å²) in [6, 6.07) is 3.03. The van der Waals surface area contributed by atoms with E-state index in [9.17, 15) is 9.59 Å². The van der Waals surface area contributed by atoms with Crippen LogP contribution in [0.15, 0.2) is 12.1 Å². The van der Waals surface area contributed by atoms with Crippen LogP contribution in [0.3, 0.4) is 0 Å². The van der Waals surface area contributed by atoms with Crippen molar-refractivity contribution in [3.63, 3.8) is 0 Å². The van der Waals surface area contributed by atoms with Crippen LogP contribution in [-0.2, 0) is 11.3 Å². The number of carbonyl (C=O) groups excluding carboxylic acids is 1. The van der Waals surface area contributed by atoms with Crippen molar-refractivity contribution in [1.82, 2.24) is 10.6 Å². The van der Waals surface area contributed by atoms with Crippen molar-refractivity contribution in [2.24, 2.45) is 0 Å². The molecule has 2 rings (SSSR count). The van der Waals surface area contributed by atoms with E-state index in [0.29, 0.717) is 29.7 Å². The minimum absolute atomic E-state index is 0.0725. The Morgan fingerprint density at radius 2 is 2.00 bits per heavy atom. The number of amides is 2. The molecule has 0 aliphatic carbocycles. The number of carboxylic acid groups (broad SMARTS) is 1. The molecule has 0 saturated carbocycles.